The number of aromatic nitrogens is 1. The zero-order valence-electron chi connectivity index (χ0n) is 16.4. The van der Waals surface area contributed by atoms with Gasteiger partial charge in [-0.05, 0) is 47.4 Å². The van der Waals surface area contributed by atoms with E-state index in [0.29, 0.717) is 0 Å². The van der Waals surface area contributed by atoms with E-state index in [1.807, 2.05) is 24.3 Å². The fourth-order valence-corrected chi connectivity index (χ4v) is 4.67. The molecule has 0 saturated heterocycles. The van der Waals surface area contributed by atoms with Crippen molar-refractivity contribution in [1.82, 2.24) is 9.88 Å². The van der Waals surface area contributed by atoms with Gasteiger partial charge < -0.3 is 9.72 Å². The highest BCUT2D eigenvalue weighted by molar-refractivity contribution is 6.31. The molecular weight excluding hydrogens is 380 g/mol. The molecule has 4 aromatic rings. The van der Waals surface area contributed by atoms with E-state index in [-0.39, 0.29) is 6.04 Å². The van der Waals surface area contributed by atoms with Gasteiger partial charge in [0.1, 0.15) is 5.75 Å². The van der Waals surface area contributed by atoms with Crippen LogP contribution in [0.2, 0.25) is 5.02 Å². The standard InChI is InChI=1S/C25H23ClN2O/c1-29-19-12-10-17(11-13-19)25-24-21(20-7-3-5-9-23(20)27-24)14-15-28(25)16-18-6-2-4-8-22(18)26/h2-13,25,27H,14-16H2,1H3. The molecule has 5 rings (SSSR count). The van der Waals surface area contributed by atoms with Gasteiger partial charge in [-0.3, -0.25) is 4.90 Å². The number of aromatic amines is 1. The molecule has 1 unspecified atom stereocenters. The van der Waals surface area contributed by atoms with Crippen LogP contribution in [0.5, 0.6) is 5.75 Å². The van der Waals surface area contributed by atoms with Crippen molar-refractivity contribution in [3.8, 4) is 5.75 Å². The van der Waals surface area contributed by atoms with Crippen molar-refractivity contribution in [3.63, 3.8) is 0 Å². The van der Waals surface area contributed by atoms with Crippen LogP contribution >= 0.6 is 11.6 Å². The number of fused-ring (bicyclic) bond motifs is 3. The van der Waals surface area contributed by atoms with Crippen molar-refractivity contribution in [1.29, 1.82) is 0 Å². The van der Waals surface area contributed by atoms with Crippen molar-refractivity contribution in [2.45, 2.75) is 19.0 Å². The van der Waals surface area contributed by atoms with Crippen molar-refractivity contribution in [2.24, 2.45) is 0 Å². The molecule has 0 saturated carbocycles. The van der Waals surface area contributed by atoms with Crippen molar-refractivity contribution >= 4 is 22.5 Å². The van der Waals surface area contributed by atoms with Gasteiger partial charge in [0, 0.05) is 34.7 Å². The Morgan fingerprint density at radius 1 is 1.00 bits per heavy atom. The van der Waals surface area contributed by atoms with Gasteiger partial charge in [0.05, 0.1) is 13.2 Å². The largest absolute Gasteiger partial charge is 0.497 e. The van der Waals surface area contributed by atoms with Gasteiger partial charge in [0.15, 0.2) is 0 Å². The normalized spacial score (nSPS) is 16.7. The average Bonchev–Trinajstić information content (AvgIpc) is 3.14. The lowest BCUT2D eigenvalue weighted by molar-refractivity contribution is 0.202. The number of para-hydroxylation sites is 1. The molecule has 1 atom stereocenters. The predicted octanol–water partition coefficient (Wildman–Crippen LogP) is 5.98. The van der Waals surface area contributed by atoms with E-state index in [9.17, 15) is 0 Å². The van der Waals surface area contributed by atoms with E-state index in [1.165, 1.54) is 27.7 Å². The van der Waals surface area contributed by atoms with Crippen LogP contribution < -0.4 is 4.74 Å². The Hall–Kier alpha value is -2.75. The van der Waals surface area contributed by atoms with Crippen LogP contribution in [0.1, 0.15) is 28.4 Å². The minimum atomic E-state index is 0.147. The molecule has 4 heteroatoms. The second-order valence-corrected chi connectivity index (χ2v) is 7.96. The molecule has 0 aliphatic carbocycles. The van der Waals surface area contributed by atoms with Crippen LogP contribution in [0.3, 0.4) is 0 Å². The second kappa shape index (κ2) is 7.58. The zero-order chi connectivity index (χ0) is 19.8. The van der Waals surface area contributed by atoms with Gasteiger partial charge >= 0.3 is 0 Å². The molecule has 146 valence electrons. The number of nitrogens with one attached hydrogen (secondary N) is 1. The van der Waals surface area contributed by atoms with E-state index in [4.69, 9.17) is 16.3 Å². The Bertz CT molecular complexity index is 1150. The number of H-pyrrole nitrogens is 1. The topological polar surface area (TPSA) is 28.3 Å². The van der Waals surface area contributed by atoms with Crippen molar-refractivity contribution < 1.29 is 4.74 Å². The third kappa shape index (κ3) is 3.31. The van der Waals surface area contributed by atoms with E-state index >= 15 is 0 Å². The molecule has 3 nitrogen and oxygen atoms in total. The molecule has 1 N–H and O–H groups in total. The Balaban J connectivity index is 1.61. The third-order valence-electron chi connectivity index (χ3n) is 5.90. The van der Waals surface area contributed by atoms with E-state index in [2.05, 4.69) is 58.4 Å². The smallest absolute Gasteiger partial charge is 0.118 e. The van der Waals surface area contributed by atoms with Gasteiger partial charge in [-0.25, -0.2) is 0 Å². The fourth-order valence-electron chi connectivity index (χ4n) is 4.47. The summed E-state index contributed by atoms with van der Waals surface area (Å²) in [4.78, 5) is 6.23. The molecular formula is C25H23ClN2O. The van der Waals surface area contributed by atoms with E-state index in [1.54, 1.807) is 7.11 Å². The molecule has 0 spiro atoms. The lowest BCUT2D eigenvalue weighted by atomic mass is 9.92. The SMILES string of the molecule is COc1ccc(C2c3[nH]c4ccccc4c3CCN2Cc2ccccc2Cl)cc1. The van der Waals surface area contributed by atoms with Gasteiger partial charge in [0.2, 0.25) is 0 Å². The summed E-state index contributed by atoms with van der Waals surface area (Å²) in [5, 5.41) is 2.15. The first kappa shape index (κ1) is 18.3. The molecule has 1 aliphatic heterocycles. The summed E-state index contributed by atoms with van der Waals surface area (Å²) >= 11 is 6.49. The summed E-state index contributed by atoms with van der Waals surface area (Å²) in [6.45, 7) is 1.79. The number of hydrogen-bond donors (Lipinski definition) is 1. The Labute approximate surface area is 175 Å². The average molecular weight is 403 g/mol. The summed E-state index contributed by atoms with van der Waals surface area (Å²) in [5.74, 6) is 0.874. The molecule has 3 aromatic carbocycles. The third-order valence-corrected chi connectivity index (χ3v) is 6.27. The van der Waals surface area contributed by atoms with Gasteiger partial charge in [0.25, 0.3) is 0 Å². The number of rotatable bonds is 4. The number of methoxy groups -OCH3 is 1. The summed E-state index contributed by atoms with van der Waals surface area (Å²) < 4.78 is 5.37. The second-order valence-electron chi connectivity index (χ2n) is 7.55. The summed E-state index contributed by atoms with van der Waals surface area (Å²) in [6.07, 6.45) is 1.02. The van der Waals surface area contributed by atoms with Crippen LogP contribution in [0.4, 0.5) is 0 Å². The first-order valence-electron chi connectivity index (χ1n) is 9.95. The monoisotopic (exact) mass is 402 g/mol. The minimum absolute atomic E-state index is 0.147. The molecule has 0 bridgehead atoms. The predicted molar refractivity (Wildman–Crippen MR) is 119 cm³/mol. The Kier molecular flexibility index (Phi) is 4.78. The quantitative estimate of drug-likeness (QED) is 0.455. The van der Waals surface area contributed by atoms with Crippen LogP contribution in [0.15, 0.2) is 72.8 Å². The maximum absolute atomic E-state index is 6.49. The van der Waals surface area contributed by atoms with Crippen LogP contribution in [-0.2, 0) is 13.0 Å². The summed E-state index contributed by atoms with van der Waals surface area (Å²) in [6, 6.07) is 25.3. The van der Waals surface area contributed by atoms with Crippen molar-refractivity contribution in [3.05, 3.63) is 100 Å². The van der Waals surface area contributed by atoms with Crippen LogP contribution in [-0.4, -0.2) is 23.5 Å². The molecule has 2 heterocycles. The Morgan fingerprint density at radius 2 is 1.76 bits per heavy atom. The maximum atomic E-state index is 6.49. The molecule has 0 amide bonds. The highest BCUT2D eigenvalue weighted by atomic mass is 35.5. The molecule has 1 aliphatic rings. The van der Waals surface area contributed by atoms with Crippen LogP contribution in [0, 0.1) is 0 Å². The maximum Gasteiger partial charge on any atom is 0.118 e. The lowest BCUT2D eigenvalue weighted by Crippen LogP contribution is -2.35. The first-order valence-corrected chi connectivity index (χ1v) is 10.3. The van der Waals surface area contributed by atoms with Crippen molar-refractivity contribution in [2.75, 3.05) is 13.7 Å². The number of nitrogens with zero attached hydrogens (tertiary/aromatic N) is 1. The fraction of sp³-hybridized carbons (Fsp3) is 0.200. The number of hydrogen-bond acceptors (Lipinski definition) is 2. The minimum Gasteiger partial charge on any atom is -0.497 e. The zero-order valence-corrected chi connectivity index (χ0v) is 17.1. The van der Waals surface area contributed by atoms with E-state index < -0.39 is 0 Å². The van der Waals surface area contributed by atoms with E-state index in [0.717, 1.165) is 35.8 Å². The molecule has 0 radical (unpaired) electrons. The lowest BCUT2D eigenvalue weighted by Gasteiger charge is -2.36. The summed E-state index contributed by atoms with van der Waals surface area (Å²) in [5.41, 5.74) is 6.33. The van der Waals surface area contributed by atoms with Crippen LogP contribution in [0.25, 0.3) is 10.9 Å². The molecule has 29 heavy (non-hydrogen) atoms. The Morgan fingerprint density at radius 3 is 2.55 bits per heavy atom. The first-order chi connectivity index (χ1) is 14.2. The number of halogens is 1. The summed E-state index contributed by atoms with van der Waals surface area (Å²) in [7, 11) is 1.70. The highest BCUT2D eigenvalue weighted by Crippen LogP contribution is 2.39. The number of ether oxygens (including phenoxy) is 1. The molecule has 1 aromatic heterocycles. The highest BCUT2D eigenvalue weighted by Gasteiger charge is 2.31. The van der Waals surface area contributed by atoms with Gasteiger partial charge in [-0.1, -0.05) is 60.1 Å². The van der Waals surface area contributed by atoms with Gasteiger partial charge in [-0.15, -0.1) is 0 Å². The number of benzene rings is 3. The van der Waals surface area contributed by atoms with Gasteiger partial charge in [-0.2, -0.15) is 0 Å². The molecule has 0 fully saturated rings.